The van der Waals surface area contributed by atoms with E-state index in [-0.39, 0.29) is 18.5 Å². The number of esters is 1. The van der Waals surface area contributed by atoms with E-state index in [4.69, 9.17) is 4.74 Å². The largest absolute Gasteiger partial charge is 0.466 e. The zero-order chi connectivity index (χ0) is 62.0. The number of carbonyl (C=O) groups excluding carboxylic acids is 2. The zero-order valence-electron chi connectivity index (χ0n) is 58.8. The third-order valence-electron chi connectivity index (χ3n) is 19.1. The van der Waals surface area contributed by atoms with Crippen LogP contribution in [-0.4, -0.2) is 47.4 Å². The van der Waals surface area contributed by atoms with Crippen LogP contribution < -0.4 is 5.32 Å². The lowest BCUT2D eigenvalue weighted by atomic mass is 10.0. The van der Waals surface area contributed by atoms with Gasteiger partial charge >= 0.3 is 5.97 Å². The third-order valence-corrected chi connectivity index (χ3v) is 19.1. The first-order valence-corrected chi connectivity index (χ1v) is 40.0. The van der Waals surface area contributed by atoms with E-state index < -0.39 is 12.1 Å². The van der Waals surface area contributed by atoms with Crippen LogP contribution in [0.5, 0.6) is 0 Å². The van der Waals surface area contributed by atoms with Gasteiger partial charge in [-0.05, 0) is 32.1 Å². The van der Waals surface area contributed by atoms with Crippen molar-refractivity contribution in [2.45, 2.75) is 475 Å². The average Bonchev–Trinajstić information content (AvgIpc) is 3.57. The number of amides is 1. The van der Waals surface area contributed by atoms with Crippen molar-refractivity contribution in [2.75, 3.05) is 13.2 Å². The van der Waals surface area contributed by atoms with Crippen LogP contribution in [0.15, 0.2) is 12.2 Å². The molecule has 6 nitrogen and oxygen atoms in total. The van der Waals surface area contributed by atoms with Gasteiger partial charge in [-0.25, -0.2) is 0 Å². The first-order chi connectivity index (χ1) is 42.5. The second-order valence-corrected chi connectivity index (χ2v) is 27.8. The number of carbonyl (C=O) groups is 2. The molecule has 512 valence electrons. The summed E-state index contributed by atoms with van der Waals surface area (Å²) in [5, 5.41) is 23.3. The Labute approximate surface area is 539 Å². The predicted octanol–water partition coefficient (Wildman–Crippen LogP) is 26.3. The fourth-order valence-corrected chi connectivity index (χ4v) is 13.0. The molecule has 0 saturated heterocycles. The van der Waals surface area contributed by atoms with Crippen molar-refractivity contribution in [1.82, 2.24) is 5.32 Å². The second-order valence-electron chi connectivity index (χ2n) is 27.8. The van der Waals surface area contributed by atoms with Gasteiger partial charge in [-0.15, -0.1) is 0 Å². The minimum Gasteiger partial charge on any atom is -0.466 e. The quantitative estimate of drug-likeness (QED) is 0.0320. The number of nitrogens with one attached hydrogen (secondary N) is 1. The van der Waals surface area contributed by atoms with Gasteiger partial charge in [-0.2, -0.15) is 0 Å². The summed E-state index contributed by atoms with van der Waals surface area (Å²) >= 11 is 0. The van der Waals surface area contributed by atoms with Gasteiger partial charge in [0.25, 0.3) is 0 Å². The molecule has 1 amide bonds. The molecule has 0 aromatic carbocycles. The maximum absolute atomic E-state index is 12.6. The summed E-state index contributed by atoms with van der Waals surface area (Å²) in [5.41, 5.74) is 0. The van der Waals surface area contributed by atoms with Crippen LogP contribution in [0.25, 0.3) is 0 Å². The SMILES string of the molecule is CCCCCCCCCCCCCCCCCCCCCCCC/C=C/C(O)C(CO)NC(=O)CCCCCCCCCCCCCCCCCCCCCCCCCCCCCCCCCCCOC(=O)CCCCCCCCCCCCCC. The summed E-state index contributed by atoms with van der Waals surface area (Å²) in [5.74, 6) is -0.0340. The Hall–Kier alpha value is -1.40. The lowest BCUT2D eigenvalue weighted by molar-refractivity contribution is -0.143. The van der Waals surface area contributed by atoms with E-state index >= 15 is 0 Å². The fourth-order valence-electron chi connectivity index (χ4n) is 13.0. The molecule has 6 heteroatoms. The van der Waals surface area contributed by atoms with Gasteiger partial charge in [0.1, 0.15) is 0 Å². The maximum Gasteiger partial charge on any atom is 0.305 e. The van der Waals surface area contributed by atoms with Gasteiger partial charge in [0.15, 0.2) is 0 Å². The number of aliphatic hydroxyl groups excluding tert-OH is 2. The van der Waals surface area contributed by atoms with Crippen LogP contribution >= 0.6 is 0 Å². The molecule has 2 atom stereocenters. The molecule has 86 heavy (non-hydrogen) atoms. The molecular weight excluding hydrogens is 1050 g/mol. The van der Waals surface area contributed by atoms with E-state index in [0.717, 1.165) is 38.5 Å². The zero-order valence-corrected chi connectivity index (χ0v) is 58.8. The standard InChI is InChI=1S/C80H157NO5/c1-3-5-7-9-11-13-15-17-18-19-20-21-22-34-37-40-43-46-49-52-56-60-64-68-72-78(83)77(76-82)81-79(84)73-69-65-61-57-53-50-47-44-41-38-35-32-30-28-26-24-23-25-27-29-31-33-36-39-42-45-48-51-55-59-63-67-71-75-86-80(85)74-70-66-62-58-54-16-14-12-10-8-6-4-2/h68,72,77-78,82-83H,3-67,69-71,73-76H2,1-2H3,(H,81,84)/b72-68+. The molecule has 0 aliphatic heterocycles. The summed E-state index contributed by atoms with van der Waals surface area (Å²) in [7, 11) is 0. The Morgan fingerprint density at radius 1 is 0.314 bits per heavy atom. The molecular formula is C80H157NO5. The third kappa shape index (κ3) is 71.7. The molecule has 0 rings (SSSR count). The van der Waals surface area contributed by atoms with Crippen molar-refractivity contribution >= 4 is 11.9 Å². The number of allylic oxidation sites excluding steroid dienone is 1. The van der Waals surface area contributed by atoms with Crippen molar-refractivity contribution in [3.05, 3.63) is 12.2 Å². The summed E-state index contributed by atoms with van der Waals surface area (Å²) in [4.78, 5) is 24.6. The first-order valence-electron chi connectivity index (χ1n) is 40.0. The second kappa shape index (κ2) is 76.1. The van der Waals surface area contributed by atoms with Crippen LogP contribution in [0, 0.1) is 0 Å². The Morgan fingerprint density at radius 2 is 0.535 bits per heavy atom. The van der Waals surface area contributed by atoms with E-state index in [9.17, 15) is 19.8 Å². The van der Waals surface area contributed by atoms with Crippen molar-refractivity contribution < 1.29 is 24.5 Å². The highest BCUT2D eigenvalue weighted by Crippen LogP contribution is 2.20. The van der Waals surface area contributed by atoms with Crippen molar-refractivity contribution in [2.24, 2.45) is 0 Å². The van der Waals surface area contributed by atoms with Gasteiger partial charge in [-0.3, -0.25) is 9.59 Å². The minimum atomic E-state index is -0.842. The average molecular weight is 1210 g/mol. The Balaban J connectivity index is 3.34. The molecule has 0 radical (unpaired) electrons. The molecule has 0 aromatic heterocycles. The number of hydrogen-bond acceptors (Lipinski definition) is 5. The van der Waals surface area contributed by atoms with Gasteiger partial charge in [0.05, 0.1) is 25.4 Å². The van der Waals surface area contributed by atoms with Crippen molar-refractivity contribution in [1.29, 1.82) is 0 Å². The fraction of sp³-hybridized carbons (Fsp3) is 0.950. The normalized spacial score (nSPS) is 12.5. The highest BCUT2D eigenvalue weighted by Gasteiger charge is 2.18. The van der Waals surface area contributed by atoms with Gasteiger partial charge < -0.3 is 20.3 Å². The number of unbranched alkanes of at least 4 members (excludes halogenated alkanes) is 65. The number of rotatable bonds is 76. The van der Waals surface area contributed by atoms with E-state index in [1.165, 1.54) is 398 Å². The van der Waals surface area contributed by atoms with E-state index in [2.05, 4.69) is 19.2 Å². The molecule has 2 unspecified atom stereocenters. The molecule has 0 aromatic rings. The Kier molecular flexibility index (Phi) is 74.8. The number of hydrogen-bond donors (Lipinski definition) is 3. The Morgan fingerprint density at radius 3 is 0.791 bits per heavy atom. The Bertz CT molecular complexity index is 1300. The molecule has 0 fully saturated rings. The van der Waals surface area contributed by atoms with Crippen LogP contribution in [0.1, 0.15) is 463 Å². The maximum atomic E-state index is 12.6. The molecule has 0 bridgehead atoms. The van der Waals surface area contributed by atoms with Crippen LogP contribution in [-0.2, 0) is 14.3 Å². The van der Waals surface area contributed by atoms with E-state index in [0.29, 0.717) is 19.4 Å². The molecule has 0 saturated carbocycles. The monoisotopic (exact) mass is 1210 g/mol. The van der Waals surface area contributed by atoms with Crippen LogP contribution in [0.2, 0.25) is 0 Å². The number of aliphatic hydroxyl groups is 2. The van der Waals surface area contributed by atoms with E-state index in [1.807, 2.05) is 6.08 Å². The number of ether oxygens (including phenoxy) is 1. The van der Waals surface area contributed by atoms with E-state index in [1.54, 1.807) is 6.08 Å². The minimum absolute atomic E-state index is 0.0233. The summed E-state index contributed by atoms with van der Waals surface area (Å²) in [6.45, 7) is 4.96. The van der Waals surface area contributed by atoms with Gasteiger partial charge in [-0.1, -0.05) is 431 Å². The van der Waals surface area contributed by atoms with Crippen molar-refractivity contribution in [3.8, 4) is 0 Å². The van der Waals surface area contributed by atoms with Crippen LogP contribution in [0.4, 0.5) is 0 Å². The van der Waals surface area contributed by atoms with Crippen LogP contribution in [0.3, 0.4) is 0 Å². The lowest BCUT2D eigenvalue weighted by Crippen LogP contribution is -2.45. The summed E-state index contributed by atoms with van der Waals surface area (Å²) < 4.78 is 5.49. The first kappa shape index (κ1) is 84.6. The van der Waals surface area contributed by atoms with Gasteiger partial charge in [0.2, 0.25) is 5.91 Å². The van der Waals surface area contributed by atoms with Gasteiger partial charge in [0, 0.05) is 12.8 Å². The summed E-state index contributed by atoms with van der Waals surface area (Å²) in [6, 6.07) is -0.625. The van der Waals surface area contributed by atoms with Crippen molar-refractivity contribution in [3.63, 3.8) is 0 Å². The lowest BCUT2D eigenvalue weighted by Gasteiger charge is -2.20. The molecule has 0 aliphatic rings. The smallest absolute Gasteiger partial charge is 0.305 e. The molecule has 0 aliphatic carbocycles. The molecule has 3 N–H and O–H groups in total. The summed E-state index contributed by atoms with van der Waals surface area (Å²) in [6.07, 6.45) is 96.3. The molecule has 0 heterocycles. The molecule has 0 spiro atoms. The highest BCUT2D eigenvalue weighted by atomic mass is 16.5. The highest BCUT2D eigenvalue weighted by molar-refractivity contribution is 5.76. The topological polar surface area (TPSA) is 95.9 Å². The predicted molar refractivity (Wildman–Crippen MR) is 380 cm³/mol.